The van der Waals surface area contributed by atoms with Gasteiger partial charge < -0.3 is 10.2 Å². The number of nitrogens with zero attached hydrogens (tertiary/aromatic N) is 7. The molecule has 0 aliphatic carbocycles. The minimum atomic E-state index is -4.55. The summed E-state index contributed by atoms with van der Waals surface area (Å²) in [6.07, 6.45) is 6.35. The van der Waals surface area contributed by atoms with E-state index in [4.69, 9.17) is 0 Å². The molecule has 5 heterocycles. The highest BCUT2D eigenvalue weighted by molar-refractivity contribution is 5.58. The topological polar surface area (TPSA) is 99.9 Å². The highest BCUT2D eigenvalue weighted by Crippen LogP contribution is 2.31. The number of aromatic amines is 1. The second-order valence-corrected chi connectivity index (χ2v) is 7.70. The quantitative estimate of drug-likeness (QED) is 0.486. The summed E-state index contributed by atoms with van der Waals surface area (Å²) in [7, 11) is 3.75. The fourth-order valence-corrected chi connectivity index (χ4v) is 3.79. The lowest BCUT2D eigenvalue weighted by molar-refractivity contribution is -0.141. The zero-order chi connectivity index (χ0) is 23.4. The monoisotopic (exact) mass is 459 g/mol. The zero-order valence-corrected chi connectivity index (χ0v) is 18.2. The maximum absolute atomic E-state index is 13.1. The highest BCUT2D eigenvalue weighted by atomic mass is 19.4. The van der Waals surface area contributed by atoms with Gasteiger partial charge in [-0.15, -0.1) is 0 Å². The van der Waals surface area contributed by atoms with E-state index >= 15 is 0 Å². The van der Waals surface area contributed by atoms with Crippen molar-refractivity contribution in [3.05, 3.63) is 54.5 Å². The molecule has 0 bridgehead atoms. The van der Waals surface area contributed by atoms with Gasteiger partial charge in [0.1, 0.15) is 11.5 Å². The van der Waals surface area contributed by atoms with Gasteiger partial charge in [0.25, 0.3) is 0 Å². The molecule has 12 heteroatoms. The zero-order valence-electron chi connectivity index (χ0n) is 18.2. The standard InChI is InChI=1S/C19H17F3N8.C2H7N/c20-19(21,22)15-11-30-14(8-25-17(30)9-24-15)18-23-4-3-16(28-18)29-5-1-2-12(10-29)13-6-26-27-7-13;1-3-2/h3-4,6-9,11-12H,1-2,5,10H2,(H,26,27);3H,1-2H3. The van der Waals surface area contributed by atoms with Crippen molar-refractivity contribution in [1.29, 1.82) is 0 Å². The molecular weight excluding hydrogens is 435 g/mol. The molecule has 4 aromatic heterocycles. The van der Waals surface area contributed by atoms with Crippen LogP contribution in [0.2, 0.25) is 0 Å². The molecule has 0 aromatic carbocycles. The van der Waals surface area contributed by atoms with Gasteiger partial charge in [0.2, 0.25) is 0 Å². The van der Waals surface area contributed by atoms with Crippen LogP contribution >= 0.6 is 0 Å². The van der Waals surface area contributed by atoms with Gasteiger partial charge in [0.05, 0.1) is 18.6 Å². The lowest BCUT2D eigenvalue weighted by Crippen LogP contribution is -2.34. The summed E-state index contributed by atoms with van der Waals surface area (Å²) in [6, 6.07) is 1.81. The first-order valence-corrected chi connectivity index (χ1v) is 10.5. The van der Waals surface area contributed by atoms with Gasteiger partial charge in [-0.05, 0) is 38.6 Å². The van der Waals surface area contributed by atoms with Crippen LogP contribution in [-0.4, -0.2) is 61.7 Å². The molecule has 33 heavy (non-hydrogen) atoms. The van der Waals surface area contributed by atoms with E-state index in [1.54, 1.807) is 6.20 Å². The van der Waals surface area contributed by atoms with Gasteiger partial charge in [-0.3, -0.25) is 9.50 Å². The van der Waals surface area contributed by atoms with Gasteiger partial charge in [0.15, 0.2) is 17.2 Å². The Bertz CT molecular complexity index is 1190. The molecule has 9 nitrogen and oxygen atoms in total. The Morgan fingerprint density at radius 3 is 2.67 bits per heavy atom. The van der Waals surface area contributed by atoms with Gasteiger partial charge >= 0.3 is 6.18 Å². The molecule has 1 atom stereocenters. The van der Waals surface area contributed by atoms with Gasteiger partial charge in [0, 0.05) is 37.6 Å². The van der Waals surface area contributed by atoms with E-state index in [1.807, 2.05) is 32.6 Å². The average Bonchev–Trinajstić information content (AvgIpc) is 3.49. The van der Waals surface area contributed by atoms with Crippen LogP contribution in [-0.2, 0) is 6.18 Å². The molecule has 0 radical (unpaired) electrons. The number of hydrogen-bond acceptors (Lipinski definition) is 7. The van der Waals surface area contributed by atoms with Gasteiger partial charge in [-0.25, -0.2) is 19.9 Å². The Morgan fingerprint density at radius 2 is 1.94 bits per heavy atom. The van der Waals surface area contributed by atoms with Crippen LogP contribution in [0.3, 0.4) is 0 Å². The van der Waals surface area contributed by atoms with E-state index in [2.05, 4.69) is 40.3 Å². The van der Waals surface area contributed by atoms with E-state index in [0.717, 1.165) is 49.7 Å². The van der Waals surface area contributed by atoms with E-state index in [9.17, 15) is 13.2 Å². The van der Waals surface area contributed by atoms with Crippen LogP contribution in [0.25, 0.3) is 17.2 Å². The third-order valence-electron chi connectivity index (χ3n) is 5.29. The first kappa shape index (κ1) is 22.6. The van der Waals surface area contributed by atoms with E-state index in [0.29, 0.717) is 23.1 Å². The molecule has 1 aliphatic rings. The van der Waals surface area contributed by atoms with Crippen molar-refractivity contribution < 1.29 is 13.2 Å². The van der Waals surface area contributed by atoms with Crippen molar-refractivity contribution in [2.24, 2.45) is 0 Å². The van der Waals surface area contributed by atoms with Crippen LogP contribution in [0.4, 0.5) is 19.0 Å². The SMILES string of the molecule is CNC.FC(F)(F)c1cn2c(-c3nccc(N4CCCC(c5cn[nH]c5)C4)n3)cnc2cn1. The number of H-pyrrole nitrogens is 1. The second kappa shape index (κ2) is 9.53. The normalized spacial score (nSPS) is 16.5. The minimum absolute atomic E-state index is 0.296. The molecule has 0 spiro atoms. The summed E-state index contributed by atoms with van der Waals surface area (Å²) in [5, 5.41) is 9.63. The summed E-state index contributed by atoms with van der Waals surface area (Å²) in [5.74, 6) is 1.38. The molecule has 5 rings (SSSR count). The smallest absolute Gasteiger partial charge is 0.356 e. The van der Waals surface area contributed by atoms with Crippen LogP contribution in [0.1, 0.15) is 30.0 Å². The number of hydrogen-bond donors (Lipinski definition) is 2. The third-order valence-corrected chi connectivity index (χ3v) is 5.29. The number of aromatic nitrogens is 7. The first-order valence-electron chi connectivity index (χ1n) is 10.5. The Hall–Kier alpha value is -3.54. The number of nitrogens with one attached hydrogen (secondary N) is 2. The van der Waals surface area contributed by atoms with Crippen LogP contribution < -0.4 is 10.2 Å². The molecule has 1 unspecified atom stereocenters. The predicted molar refractivity (Wildman–Crippen MR) is 117 cm³/mol. The number of anilines is 1. The number of rotatable bonds is 3. The summed E-state index contributed by atoms with van der Waals surface area (Å²) < 4.78 is 40.5. The van der Waals surface area contributed by atoms with Gasteiger partial charge in [-0.1, -0.05) is 0 Å². The molecular formula is C21H24F3N9. The van der Waals surface area contributed by atoms with E-state index < -0.39 is 11.9 Å². The maximum atomic E-state index is 13.1. The summed E-state index contributed by atoms with van der Waals surface area (Å²) in [4.78, 5) is 18.6. The third kappa shape index (κ3) is 4.95. The average molecular weight is 459 g/mol. The fourth-order valence-electron chi connectivity index (χ4n) is 3.79. The Morgan fingerprint density at radius 1 is 1.12 bits per heavy atom. The molecule has 4 aromatic rings. The highest BCUT2D eigenvalue weighted by Gasteiger charge is 2.33. The molecule has 174 valence electrons. The number of imidazole rings is 1. The van der Waals surface area contributed by atoms with Crippen molar-refractivity contribution in [2.45, 2.75) is 24.9 Å². The predicted octanol–water partition coefficient (Wildman–Crippen LogP) is 3.15. The molecule has 0 amide bonds. The lowest BCUT2D eigenvalue weighted by atomic mass is 9.93. The Labute approximate surface area is 188 Å². The molecule has 1 fully saturated rings. The van der Waals surface area contributed by atoms with Crippen molar-refractivity contribution in [1.82, 2.24) is 39.9 Å². The van der Waals surface area contributed by atoms with Crippen molar-refractivity contribution in [3.8, 4) is 11.5 Å². The number of piperidine rings is 1. The van der Waals surface area contributed by atoms with Crippen molar-refractivity contribution in [2.75, 3.05) is 32.1 Å². The minimum Gasteiger partial charge on any atom is -0.356 e. The molecule has 1 saturated heterocycles. The van der Waals surface area contributed by atoms with E-state index in [-0.39, 0.29) is 0 Å². The van der Waals surface area contributed by atoms with Crippen LogP contribution in [0.5, 0.6) is 0 Å². The van der Waals surface area contributed by atoms with Crippen LogP contribution in [0, 0.1) is 0 Å². The van der Waals surface area contributed by atoms with Crippen molar-refractivity contribution in [3.63, 3.8) is 0 Å². The van der Waals surface area contributed by atoms with Crippen molar-refractivity contribution >= 4 is 11.5 Å². The van der Waals surface area contributed by atoms with E-state index in [1.165, 1.54) is 10.6 Å². The molecule has 1 aliphatic heterocycles. The number of fused-ring (bicyclic) bond motifs is 1. The Kier molecular flexibility index (Phi) is 6.54. The van der Waals surface area contributed by atoms with Gasteiger partial charge in [-0.2, -0.15) is 18.3 Å². The first-order chi connectivity index (χ1) is 15.9. The molecule has 2 N–H and O–H groups in total. The fraction of sp³-hybridized carbons (Fsp3) is 0.381. The summed E-state index contributed by atoms with van der Waals surface area (Å²) in [5.41, 5.74) is 0.834. The van der Waals surface area contributed by atoms with Crippen LogP contribution in [0.15, 0.2) is 43.2 Å². The second-order valence-electron chi connectivity index (χ2n) is 7.70. The largest absolute Gasteiger partial charge is 0.434 e. The number of halogens is 3. The number of alkyl halides is 3. The Balaban J connectivity index is 0.000000821. The maximum Gasteiger partial charge on any atom is 0.434 e. The summed E-state index contributed by atoms with van der Waals surface area (Å²) in [6.45, 7) is 1.63. The lowest BCUT2D eigenvalue weighted by Gasteiger charge is -2.33. The molecule has 0 saturated carbocycles. The summed E-state index contributed by atoms with van der Waals surface area (Å²) >= 11 is 0.